The number of aryl methyl sites for hydroxylation is 3. The standard InChI is InChI=1S/C11H14N4/c1-8-4-5-9(2)15(8)14-11-10(3)12-6-7-13-11/h4-7H,1-3H3,(H,13,14). The number of hydrogen-bond acceptors (Lipinski definition) is 3. The van der Waals surface area contributed by atoms with Crippen LogP contribution >= 0.6 is 0 Å². The van der Waals surface area contributed by atoms with E-state index in [4.69, 9.17) is 0 Å². The van der Waals surface area contributed by atoms with Crippen molar-refractivity contribution in [1.29, 1.82) is 0 Å². The first-order chi connectivity index (χ1) is 7.18. The molecule has 1 N–H and O–H groups in total. The number of nitrogens with one attached hydrogen (secondary N) is 1. The lowest BCUT2D eigenvalue weighted by molar-refractivity contribution is 0.862. The Morgan fingerprint density at radius 2 is 1.60 bits per heavy atom. The van der Waals surface area contributed by atoms with Crippen molar-refractivity contribution in [1.82, 2.24) is 14.6 Å². The first-order valence-electron chi connectivity index (χ1n) is 4.88. The van der Waals surface area contributed by atoms with Crippen LogP contribution in [0.3, 0.4) is 0 Å². The van der Waals surface area contributed by atoms with Gasteiger partial charge in [-0.2, -0.15) is 0 Å². The minimum Gasteiger partial charge on any atom is -0.276 e. The first kappa shape index (κ1) is 9.71. The van der Waals surface area contributed by atoms with Crippen LogP contribution in [0.2, 0.25) is 0 Å². The highest BCUT2D eigenvalue weighted by molar-refractivity contribution is 5.39. The zero-order chi connectivity index (χ0) is 10.8. The number of hydrogen-bond donors (Lipinski definition) is 1. The Labute approximate surface area is 89.0 Å². The lowest BCUT2D eigenvalue weighted by Gasteiger charge is -2.12. The van der Waals surface area contributed by atoms with Gasteiger partial charge in [0.2, 0.25) is 0 Å². The molecule has 0 spiro atoms. The van der Waals surface area contributed by atoms with E-state index in [0.717, 1.165) is 22.9 Å². The van der Waals surface area contributed by atoms with Gasteiger partial charge < -0.3 is 0 Å². The monoisotopic (exact) mass is 202 g/mol. The second kappa shape index (κ2) is 3.73. The summed E-state index contributed by atoms with van der Waals surface area (Å²) in [4.78, 5) is 8.42. The van der Waals surface area contributed by atoms with E-state index in [0.29, 0.717) is 0 Å². The minimum atomic E-state index is 0.792. The molecule has 2 aromatic rings. The third kappa shape index (κ3) is 1.83. The van der Waals surface area contributed by atoms with Crippen molar-refractivity contribution in [3.63, 3.8) is 0 Å². The molecule has 0 aromatic carbocycles. The SMILES string of the molecule is Cc1nccnc1Nn1c(C)ccc1C. The van der Waals surface area contributed by atoms with Crippen LogP contribution in [0.4, 0.5) is 5.82 Å². The van der Waals surface area contributed by atoms with Gasteiger partial charge in [0, 0.05) is 23.8 Å². The van der Waals surface area contributed by atoms with Gasteiger partial charge >= 0.3 is 0 Å². The molecule has 0 fully saturated rings. The Balaban J connectivity index is 2.34. The van der Waals surface area contributed by atoms with Gasteiger partial charge in [0.25, 0.3) is 0 Å². The van der Waals surface area contributed by atoms with Crippen LogP contribution in [0.15, 0.2) is 24.5 Å². The van der Waals surface area contributed by atoms with E-state index >= 15 is 0 Å². The average Bonchev–Trinajstić information content (AvgIpc) is 2.53. The largest absolute Gasteiger partial charge is 0.276 e. The molecule has 4 heteroatoms. The van der Waals surface area contributed by atoms with Crippen LogP contribution in [0.1, 0.15) is 17.1 Å². The van der Waals surface area contributed by atoms with Gasteiger partial charge in [-0.25, -0.2) is 4.98 Å². The van der Waals surface area contributed by atoms with Crippen LogP contribution in [-0.4, -0.2) is 14.6 Å². The molecule has 0 aliphatic carbocycles. The van der Waals surface area contributed by atoms with Crippen LogP contribution in [0, 0.1) is 20.8 Å². The van der Waals surface area contributed by atoms with Gasteiger partial charge in [-0.3, -0.25) is 15.1 Å². The average molecular weight is 202 g/mol. The Morgan fingerprint density at radius 3 is 2.20 bits per heavy atom. The van der Waals surface area contributed by atoms with E-state index in [1.54, 1.807) is 12.4 Å². The summed E-state index contributed by atoms with van der Waals surface area (Å²) >= 11 is 0. The van der Waals surface area contributed by atoms with E-state index in [1.165, 1.54) is 0 Å². The number of nitrogens with zero attached hydrogens (tertiary/aromatic N) is 3. The minimum absolute atomic E-state index is 0.792. The molecule has 0 amide bonds. The summed E-state index contributed by atoms with van der Waals surface area (Å²) in [5, 5.41) is 0. The molecule has 15 heavy (non-hydrogen) atoms. The normalized spacial score (nSPS) is 10.3. The van der Waals surface area contributed by atoms with Crippen molar-refractivity contribution in [2.45, 2.75) is 20.8 Å². The molecule has 0 atom stereocenters. The van der Waals surface area contributed by atoms with E-state index in [9.17, 15) is 0 Å². The molecular weight excluding hydrogens is 188 g/mol. The van der Waals surface area contributed by atoms with Crippen LogP contribution in [0.25, 0.3) is 0 Å². The maximum atomic E-state index is 4.24. The topological polar surface area (TPSA) is 42.7 Å². The fourth-order valence-electron chi connectivity index (χ4n) is 1.47. The fraction of sp³-hybridized carbons (Fsp3) is 0.273. The quantitative estimate of drug-likeness (QED) is 0.810. The third-order valence-corrected chi connectivity index (χ3v) is 2.37. The van der Waals surface area contributed by atoms with Gasteiger partial charge in [-0.1, -0.05) is 0 Å². The van der Waals surface area contributed by atoms with Crippen molar-refractivity contribution >= 4 is 5.82 Å². The Morgan fingerprint density at radius 1 is 1.00 bits per heavy atom. The number of anilines is 1. The third-order valence-electron chi connectivity index (χ3n) is 2.37. The molecule has 2 rings (SSSR count). The lowest BCUT2D eigenvalue weighted by Crippen LogP contribution is -2.14. The van der Waals surface area contributed by atoms with E-state index in [-0.39, 0.29) is 0 Å². The highest BCUT2D eigenvalue weighted by atomic mass is 15.4. The second-order valence-corrected chi connectivity index (χ2v) is 3.55. The van der Waals surface area contributed by atoms with E-state index in [1.807, 2.05) is 25.4 Å². The lowest BCUT2D eigenvalue weighted by atomic mass is 10.4. The fourth-order valence-corrected chi connectivity index (χ4v) is 1.47. The van der Waals surface area contributed by atoms with Gasteiger partial charge in [-0.05, 0) is 32.9 Å². The summed E-state index contributed by atoms with van der Waals surface area (Å²) in [7, 11) is 0. The molecule has 0 aliphatic heterocycles. The number of aromatic nitrogens is 3. The van der Waals surface area contributed by atoms with Gasteiger partial charge in [-0.15, -0.1) is 0 Å². The van der Waals surface area contributed by atoms with Gasteiger partial charge in [0.05, 0.1) is 5.69 Å². The molecule has 0 radical (unpaired) electrons. The molecule has 2 aromatic heterocycles. The maximum Gasteiger partial charge on any atom is 0.166 e. The summed E-state index contributed by atoms with van der Waals surface area (Å²) < 4.78 is 2.00. The molecule has 0 bridgehead atoms. The van der Waals surface area contributed by atoms with Gasteiger partial charge in [0.1, 0.15) is 0 Å². The predicted molar refractivity (Wildman–Crippen MR) is 59.7 cm³/mol. The van der Waals surface area contributed by atoms with Crippen molar-refractivity contribution in [3.8, 4) is 0 Å². The Hall–Kier alpha value is -1.84. The van der Waals surface area contributed by atoms with Crippen molar-refractivity contribution in [2.24, 2.45) is 0 Å². The van der Waals surface area contributed by atoms with Crippen LogP contribution < -0.4 is 5.43 Å². The highest BCUT2D eigenvalue weighted by Crippen LogP contribution is 2.11. The zero-order valence-corrected chi connectivity index (χ0v) is 9.15. The summed E-state index contributed by atoms with van der Waals surface area (Å²) in [6.45, 7) is 6.03. The second-order valence-electron chi connectivity index (χ2n) is 3.55. The molecule has 0 saturated heterocycles. The Kier molecular flexibility index (Phi) is 2.41. The van der Waals surface area contributed by atoms with Crippen LogP contribution in [0.5, 0.6) is 0 Å². The Bertz CT molecular complexity index is 454. The van der Waals surface area contributed by atoms with E-state index in [2.05, 4.69) is 27.5 Å². The summed E-state index contributed by atoms with van der Waals surface area (Å²) in [6.07, 6.45) is 3.37. The molecule has 78 valence electrons. The van der Waals surface area contributed by atoms with Crippen LogP contribution in [-0.2, 0) is 0 Å². The molecule has 0 aliphatic rings. The van der Waals surface area contributed by atoms with Crippen molar-refractivity contribution in [2.75, 3.05) is 5.43 Å². The summed E-state index contributed by atoms with van der Waals surface area (Å²) in [5.74, 6) is 0.792. The first-order valence-corrected chi connectivity index (χ1v) is 4.88. The van der Waals surface area contributed by atoms with Gasteiger partial charge in [0.15, 0.2) is 5.82 Å². The predicted octanol–water partition coefficient (Wildman–Crippen LogP) is 2.08. The highest BCUT2D eigenvalue weighted by Gasteiger charge is 2.03. The van der Waals surface area contributed by atoms with Crippen molar-refractivity contribution < 1.29 is 0 Å². The molecule has 0 unspecified atom stereocenters. The number of rotatable bonds is 2. The maximum absolute atomic E-state index is 4.24. The molecule has 4 nitrogen and oxygen atoms in total. The summed E-state index contributed by atoms with van der Waals surface area (Å²) in [5.41, 5.74) is 6.43. The smallest absolute Gasteiger partial charge is 0.166 e. The zero-order valence-electron chi connectivity index (χ0n) is 9.15. The summed E-state index contributed by atoms with van der Waals surface area (Å²) in [6, 6.07) is 4.13. The molecular formula is C11H14N4. The molecule has 0 saturated carbocycles. The molecule has 2 heterocycles. The van der Waals surface area contributed by atoms with E-state index < -0.39 is 0 Å². The van der Waals surface area contributed by atoms with Crippen molar-refractivity contribution in [3.05, 3.63) is 41.6 Å².